The van der Waals surface area contributed by atoms with E-state index in [0.29, 0.717) is 40.1 Å². The van der Waals surface area contributed by atoms with Crippen LogP contribution >= 0.6 is 11.6 Å². The molecule has 4 aromatic rings. The summed E-state index contributed by atoms with van der Waals surface area (Å²) in [6, 6.07) is 10.8. The van der Waals surface area contributed by atoms with E-state index < -0.39 is 6.09 Å². The standard InChI is InChI=1S/C19H19ClN8O3/c1-3-10-30-19(29)22-15-9-4-6-12(21-15)11-31-18-23-16-13(20)7-5-8-14(16)28(18)17-24-25-26-27(17)2/h4-9H,3,10-11H2,1-2H3,(H,21,22,29). The van der Waals surface area contributed by atoms with Gasteiger partial charge < -0.3 is 9.47 Å². The maximum Gasteiger partial charge on any atom is 0.412 e. The van der Waals surface area contributed by atoms with Gasteiger partial charge in [-0.15, -0.1) is 0 Å². The van der Waals surface area contributed by atoms with E-state index in [2.05, 4.69) is 30.8 Å². The Morgan fingerprint density at radius 3 is 2.81 bits per heavy atom. The number of carbonyl (C=O) groups is 1. The molecule has 1 N–H and O–H groups in total. The van der Waals surface area contributed by atoms with Gasteiger partial charge in [0.25, 0.3) is 5.95 Å². The number of tetrazole rings is 1. The Balaban J connectivity index is 1.59. The Bertz CT molecular complexity index is 1220. The van der Waals surface area contributed by atoms with Crippen LogP contribution in [0.3, 0.4) is 0 Å². The van der Waals surface area contributed by atoms with Crippen molar-refractivity contribution in [1.82, 2.24) is 34.7 Å². The van der Waals surface area contributed by atoms with Gasteiger partial charge in [0.1, 0.15) is 17.9 Å². The van der Waals surface area contributed by atoms with E-state index in [1.165, 1.54) is 4.68 Å². The van der Waals surface area contributed by atoms with Crippen molar-refractivity contribution in [2.24, 2.45) is 7.05 Å². The van der Waals surface area contributed by atoms with Crippen LogP contribution in [0, 0.1) is 0 Å². The Morgan fingerprint density at radius 1 is 1.19 bits per heavy atom. The number of aromatic nitrogens is 7. The van der Waals surface area contributed by atoms with Gasteiger partial charge in [0, 0.05) is 7.05 Å². The first-order chi connectivity index (χ1) is 15.1. The third kappa shape index (κ3) is 4.40. The maximum atomic E-state index is 11.7. The van der Waals surface area contributed by atoms with Crippen LogP contribution < -0.4 is 10.1 Å². The number of para-hydroxylation sites is 1. The molecule has 0 aliphatic carbocycles. The van der Waals surface area contributed by atoms with Crippen LogP contribution in [0.5, 0.6) is 6.01 Å². The van der Waals surface area contributed by atoms with E-state index in [1.54, 1.807) is 35.9 Å². The van der Waals surface area contributed by atoms with Gasteiger partial charge in [-0.25, -0.2) is 19.0 Å². The second-order valence-electron chi connectivity index (χ2n) is 6.50. The van der Waals surface area contributed by atoms with E-state index >= 15 is 0 Å². The van der Waals surface area contributed by atoms with Gasteiger partial charge >= 0.3 is 12.1 Å². The number of halogens is 1. The molecule has 160 valence electrons. The Labute approximate surface area is 182 Å². The SMILES string of the molecule is CCCOC(=O)Nc1cccc(COc2nc3c(Cl)cccc3n2-c2nnnn2C)n1. The lowest BCUT2D eigenvalue weighted by Gasteiger charge is -2.09. The van der Waals surface area contributed by atoms with Gasteiger partial charge in [0.15, 0.2) is 0 Å². The van der Waals surface area contributed by atoms with Crippen LogP contribution in [-0.2, 0) is 18.4 Å². The summed E-state index contributed by atoms with van der Waals surface area (Å²) in [5, 5.41) is 14.7. The number of carbonyl (C=O) groups excluding carboxylic acids is 1. The second-order valence-corrected chi connectivity index (χ2v) is 6.91. The van der Waals surface area contributed by atoms with Crippen molar-refractivity contribution < 1.29 is 14.3 Å². The van der Waals surface area contributed by atoms with Crippen molar-refractivity contribution >= 4 is 34.5 Å². The number of aryl methyl sites for hydroxylation is 1. The number of rotatable bonds is 7. The van der Waals surface area contributed by atoms with Crippen molar-refractivity contribution in [3.05, 3.63) is 47.1 Å². The summed E-state index contributed by atoms with van der Waals surface area (Å²) >= 11 is 6.31. The molecular formula is C19H19ClN8O3. The van der Waals surface area contributed by atoms with Crippen LogP contribution in [0.25, 0.3) is 17.0 Å². The maximum absolute atomic E-state index is 11.7. The molecule has 0 spiro atoms. The summed E-state index contributed by atoms with van der Waals surface area (Å²) in [5.74, 6) is 0.776. The molecule has 1 aromatic carbocycles. The molecule has 3 heterocycles. The molecular weight excluding hydrogens is 424 g/mol. The Kier molecular flexibility index (Phi) is 5.94. The fourth-order valence-electron chi connectivity index (χ4n) is 2.85. The van der Waals surface area contributed by atoms with Crippen molar-refractivity contribution in [3.8, 4) is 12.0 Å². The lowest BCUT2D eigenvalue weighted by Crippen LogP contribution is -2.15. The minimum atomic E-state index is -0.557. The van der Waals surface area contributed by atoms with E-state index in [4.69, 9.17) is 21.1 Å². The molecule has 1 amide bonds. The average molecular weight is 443 g/mol. The van der Waals surface area contributed by atoms with E-state index in [1.807, 2.05) is 19.1 Å². The zero-order chi connectivity index (χ0) is 21.8. The highest BCUT2D eigenvalue weighted by Gasteiger charge is 2.20. The quantitative estimate of drug-likeness (QED) is 0.463. The number of hydrogen-bond acceptors (Lipinski definition) is 8. The van der Waals surface area contributed by atoms with Gasteiger partial charge in [-0.05, 0) is 41.1 Å². The van der Waals surface area contributed by atoms with E-state index in [-0.39, 0.29) is 12.6 Å². The number of nitrogens with one attached hydrogen (secondary N) is 1. The molecule has 0 saturated carbocycles. The lowest BCUT2D eigenvalue weighted by atomic mass is 10.3. The molecule has 0 radical (unpaired) electrons. The number of nitrogens with zero attached hydrogens (tertiary/aromatic N) is 7. The average Bonchev–Trinajstić information content (AvgIpc) is 3.34. The van der Waals surface area contributed by atoms with Crippen LogP contribution in [0.4, 0.5) is 10.6 Å². The molecule has 0 unspecified atom stereocenters. The molecule has 11 nitrogen and oxygen atoms in total. The summed E-state index contributed by atoms with van der Waals surface area (Å²) in [6.07, 6.45) is 0.180. The van der Waals surface area contributed by atoms with Crippen LogP contribution in [-0.4, -0.2) is 47.4 Å². The molecule has 0 bridgehead atoms. The zero-order valence-electron chi connectivity index (χ0n) is 16.8. The Hall–Kier alpha value is -3.73. The highest BCUT2D eigenvalue weighted by molar-refractivity contribution is 6.35. The monoisotopic (exact) mass is 442 g/mol. The van der Waals surface area contributed by atoms with Crippen molar-refractivity contribution in [2.75, 3.05) is 11.9 Å². The van der Waals surface area contributed by atoms with E-state index in [9.17, 15) is 4.79 Å². The smallest absolute Gasteiger partial charge is 0.412 e. The minimum absolute atomic E-state index is 0.0890. The summed E-state index contributed by atoms with van der Waals surface area (Å²) in [5.41, 5.74) is 1.83. The number of ether oxygens (including phenoxy) is 2. The summed E-state index contributed by atoms with van der Waals surface area (Å²) in [7, 11) is 1.71. The number of hydrogen-bond donors (Lipinski definition) is 1. The molecule has 0 saturated heterocycles. The van der Waals surface area contributed by atoms with Crippen molar-refractivity contribution in [3.63, 3.8) is 0 Å². The molecule has 4 rings (SSSR count). The molecule has 12 heteroatoms. The number of amides is 1. The van der Waals surface area contributed by atoms with Gasteiger partial charge in [-0.1, -0.05) is 35.8 Å². The lowest BCUT2D eigenvalue weighted by molar-refractivity contribution is 0.161. The molecule has 0 fully saturated rings. The molecule has 0 atom stereocenters. The molecule has 3 aromatic heterocycles. The van der Waals surface area contributed by atoms with Crippen LogP contribution in [0.2, 0.25) is 5.02 Å². The second kappa shape index (κ2) is 8.96. The first-order valence-electron chi connectivity index (χ1n) is 9.49. The molecule has 31 heavy (non-hydrogen) atoms. The number of anilines is 1. The number of pyridine rings is 1. The fraction of sp³-hybridized carbons (Fsp3) is 0.263. The normalized spacial score (nSPS) is 10.9. The highest BCUT2D eigenvalue weighted by Crippen LogP contribution is 2.29. The van der Waals surface area contributed by atoms with Crippen molar-refractivity contribution in [1.29, 1.82) is 0 Å². The summed E-state index contributed by atoms with van der Waals surface area (Å²) in [6.45, 7) is 2.34. The van der Waals surface area contributed by atoms with Crippen LogP contribution in [0.1, 0.15) is 19.0 Å². The van der Waals surface area contributed by atoms with Gasteiger partial charge in [-0.3, -0.25) is 5.32 Å². The zero-order valence-corrected chi connectivity index (χ0v) is 17.6. The van der Waals surface area contributed by atoms with E-state index in [0.717, 1.165) is 6.42 Å². The Morgan fingerprint density at radius 2 is 2.03 bits per heavy atom. The molecule has 0 aliphatic heterocycles. The largest absolute Gasteiger partial charge is 0.458 e. The molecule has 0 aliphatic rings. The topological polar surface area (TPSA) is 122 Å². The first-order valence-corrected chi connectivity index (χ1v) is 9.87. The van der Waals surface area contributed by atoms with Crippen LogP contribution in [0.15, 0.2) is 36.4 Å². The third-order valence-electron chi connectivity index (χ3n) is 4.23. The number of fused-ring (bicyclic) bond motifs is 1. The first kappa shape index (κ1) is 20.5. The predicted octanol–water partition coefficient (Wildman–Crippen LogP) is 3.13. The minimum Gasteiger partial charge on any atom is -0.458 e. The number of benzene rings is 1. The number of imidazole rings is 1. The van der Waals surface area contributed by atoms with Gasteiger partial charge in [0.2, 0.25) is 0 Å². The fourth-order valence-corrected chi connectivity index (χ4v) is 3.06. The van der Waals surface area contributed by atoms with Gasteiger partial charge in [-0.2, -0.15) is 4.98 Å². The highest BCUT2D eigenvalue weighted by atomic mass is 35.5. The summed E-state index contributed by atoms with van der Waals surface area (Å²) < 4.78 is 14.1. The van der Waals surface area contributed by atoms with Crippen molar-refractivity contribution in [2.45, 2.75) is 20.0 Å². The van der Waals surface area contributed by atoms with Gasteiger partial charge in [0.05, 0.1) is 22.8 Å². The third-order valence-corrected chi connectivity index (χ3v) is 4.53. The summed E-state index contributed by atoms with van der Waals surface area (Å²) in [4.78, 5) is 20.6. The predicted molar refractivity (Wildman–Crippen MR) is 112 cm³/mol.